The van der Waals surface area contributed by atoms with Gasteiger partial charge < -0.3 is 10.8 Å². The average molecular weight is 224 g/mol. The summed E-state index contributed by atoms with van der Waals surface area (Å²) < 4.78 is 0. The van der Waals surface area contributed by atoms with E-state index in [-0.39, 0.29) is 6.10 Å². The molecule has 1 saturated carbocycles. The first kappa shape index (κ1) is 10.8. The van der Waals surface area contributed by atoms with Crippen LogP contribution in [0.3, 0.4) is 0 Å². The Morgan fingerprint density at radius 1 is 1.40 bits per heavy atom. The van der Waals surface area contributed by atoms with Crippen LogP contribution in [0.15, 0.2) is 23.4 Å². The van der Waals surface area contributed by atoms with Gasteiger partial charge in [0.05, 0.1) is 18.0 Å². The SMILES string of the molecule is Nc1cnccc1SC1CCCCC1O. The zero-order valence-electron chi connectivity index (χ0n) is 8.60. The number of aromatic nitrogens is 1. The van der Waals surface area contributed by atoms with Gasteiger partial charge in [-0.05, 0) is 18.9 Å². The van der Waals surface area contributed by atoms with Crippen LogP contribution in [-0.2, 0) is 0 Å². The van der Waals surface area contributed by atoms with E-state index in [4.69, 9.17) is 5.73 Å². The molecule has 1 aromatic heterocycles. The molecule has 1 aromatic rings. The fourth-order valence-electron chi connectivity index (χ4n) is 1.88. The summed E-state index contributed by atoms with van der Waals surface area (Å²) >= 11 is 1.68. The van der Waals surface area contributed by atoms with Gasteiger partial charge >= 0.3 is 0 Å². The van der Waals surface area contributed by atoms with Gasteiger partial charge in [-0.2, -0.15) is 0 Å². The Kier molecular flexibility index (Phi) is 3.49. The summed E-state index contributed by atoms with van der Waals surface area (Å²) in [6, 6.07) is 1.92. The van der Waals surface area contributed by atoms with Gasteiger partial charge in [-0.3, -0.25) is 4.98 Å². The summed E-state index contributed by atoms with van der Waals surface area (Å²) in [6.45, 7) is 0. The molecular weight excluding hydrogens is 208 g/mol. The molecule has 2 rings (SSSR count). The molecular formula is C11H16N2OS. The molecule has 0 bridgehead atoms. The van der Waals surface area contributed by atoms with Gasteiger partial charge in [-0.25, -0.2) is 0 Å². The van der Waals surface area contributed by atoms with Crippen molar-refractivity contribution in [3.05, 3.63) is 18.5 Å². The second-order valence-corrected chi connectivity index (χ2v) is 5.20. The van der Waals surface area contributed by atoms with Crippen LogP contribution in [-0.4, -0.2) is 21.4 Å². The summed E-state index contributed by atoms with van der Waals surface area (Å²) in [7, 11) is 0. The number of hydrogen-bond acceptors (Lipinski definition) is 4. The van der Waals surface area contributed by atoms with Crippen LogP contribution in [0.25, 0.3) is 0 Å². The van der Waals surface area contributed by atoms with Gasteiger partial charge in [-0.1, -0.05) is 12.8 Å². The summed E-state index contributed by atoms with van der Waals surface area (Å²) in [5.74, 6) is 0. The molecule has 1 aliphatic rings. The minimum absolute atomic E-state index is 0.184. The van der Waals surface area contributed by atoms with Gasteiger partial charge in [0.25, 0.3) is 0 Å². The number of hydrogen-bond donors (Lipinski definition) is 2. The van der Waals surface area contributed by atoms with Crippen LogP contribution < -0.4 is 5.73 Å². The minimum atomic E-state index is -0.184. The molecule has 0 aliphatic heterocycles. The van der Waals surface area contributed by atoms with E-state index >= 15 is 0 Å². The molecule has 2 unspecified atom stereocenters. The Balaban J connectivity index is 2.04. The summed E-state index contributed by atoms with van der Waals surface area (Å²) in [5, 5.41) is 10.1. The first-order valence-electron chi connectivity index (χ1n) is 5.31. The molecule has 3 nitrogen and oxygen atoms in total. The lowest BCUT2D eigenvalue weighted by Crippen LogP contribution is -2.26. The largest absolute Gasteiger partial charge is 0.397 e. The Morgan fingerprint density at radius 3 is 2.93 bits per heavy atom. The van der Waals surface area contributed by atoms with Crippen molar-refractivity contribution in [3.8, 4) is 0 Å². The third-order valence-corrected chi connectivity index (χ3v) is 4.23. The smallest absolute Gasteiger partial charge is 0.0662 e. The van der Waals surface area contributed by atoms with Gasteiger partial charge in [0.1, 0.15) is 0 Å². The van der Waals surface area contributed by atoms with E-state index in [1.54, 1.807) is 24.2 Å². The van der Waals surface area contributed by atoms with Gasteiger partial charge in [0, 0.05) is 16.3 Å². The predicted molar refractivity (Wildman–Crippen MR) is 62.8 cm³/mol. The molecule has 15 heavy (non-hydrogen) atoms. The van der Waals surface area contributed by atoms with E-state index in [1.165, 1.54) is 6.42 Å². The topological polar surface area (TPSA) is 59.1 Å². The number of anilines is 1. The third kappa shape index (κ3) is 2.63. The first-order valence-corrected chi connectivity index (χ1v) is 6.19. The van der Waals surface area contributed by atoms with Crippen molar-refractivity contribution < 1.29 is 5.11 Å². The van der Waals surface area contributed by atoms with Crippen molar-refractivity contribution in [1.82, 2.24) is 4.98 Å². The fourth-order valence-corrected chi connectivity index (χ4v) is 3.11. The van der Waals surface area contributed by atoms with Crippen molar-refractivity contribution in [2.45, 2.75) is 41.9 Å². The molecule has 1 heterocycles. The third-order valence-electron chi connectivity index (χ3n) is 2.76. The van der Waals surface area contributed by atoms with Crippen molar-refractivity contribution in [2.24, 2.45) is 0 Å². The monoisotopic (exact) mass is 224 g/mol. The maximum absolute atomic E-state index is 9.84. The quantitative estimate of drug-likeness (QED) is 0.807. The highest BCUT2D eigenvalue weighted by molar-refractivity contribution is 8.00. The van der Waals surface area contributed by atoms with Crippen molar-refractivity contribution in [1.29, 1.82) is 0 Å². The molecule has 3 N–H and O–H groups in total. The molecule has 1 aliphatic carbocycles. The molecule has 0 saturated heterocycles. The summed E-state index contributed by atoms with van der Waals surface area (Å²) in [4.78, 5) is 4.99. The maximum atomic E-state index is 9.84. The Labute approximate surface area is 94.1 Å². The second-order valence-electron chi connectivity index (χ2n) is 3.92. The molecule has 82 valence electrons. The molecule has 4 heteroatoms. The van der Waals surface area contributed by atoms with Crippen LogP contribution >= 0.6 is 11.8 Å². The standard InChI is InChI=1S/C11H16N2OS/c12-8-7-13-6-5-10(8)15-11-4-2-1-3-9(11)14/h5-7,9,11,14H,1-4,12H2. The molecule has 0 aromatic carbocycles. The maximum Gasteiger partial charge on any atom is 0.0662 e. The summed E-state index contributed by atoms with van der Waals surface area (Å²) in [6.07, 6.45) is 7.57. The molecule has 1 fully saturated rings. The summed E-state index contributed by atoms with van der Waals surface area (Å²) in [5.41, 5.74) is 6.53. The van der Waals surface area contributed by atoms with E-state index in [0.29, 0.717) is 10.9 Å². The predicted octanol–water partition coefficient (Wildman–Crippen LogP) is 2.06. The number of aliphatic hydroxyl groups excluding tert-OH is 1. The highest BCUT2D eigenvalue weighted by atomic mass is 32.2. The number of nitrogen functional groups attached to an aromatic ring is 1. The van der Waals surface area contributed by atoms with Crippen LogP contribution in [0.5, 0.6) is 0 Å². The second kappa shape index (κ2) is 4.86. The normalized spacial score (nSPS) is 26.5. The van der Waals surface area contributed by atoms with Crippen LogP contribution in [0.2, 0.25) is 0 Å². The van der Waals surface area contributed by atoms with E-state index in [2.05, 4.69) is 4.98 Å². The van der Waals surface area contributed by atoms with Crippen molar-refractivity contribution >= 4 is 17.4 Å². The van der Waals surface area contributed by atoms with Gasteiger partial charge in [0.15, 0.2) is 0 Å². The zero-order chi connectivity index (χ0) is 10.7. The molecule has 0 amide bonds. The number of thioether (sulfide) groups is 1. The molecule has 0 radical (unpaired) electrons. The Morgan fingerprint density at radius 2 is 2.20 bits per heavy atom. The van der Waals surface area contributed by atoms with E-state index < -0.39 is 0 Å². The van der Waals surface area contributed by atoms with Crippen LogP contribution in [0, 0.1) is 0 Å². The van der Waals surface area contributed by atoms with Crippen molar-refractivity contribution in [3.63, 3.8) is 0 Å². The number of pyridine rings is 1. The number of nitrogens with zero attached hydrogens (tertiary/aromatic N) is 1. The van der Waals surface area contributed by atoms with Gasteiger partial charge in [0.2, 0.25) is 0 Å². The number of nitrogens with two attached hydrogens (primary N) is 1. The first-order chi connectivity index (χ1) is 7.27. The fraction of sp³-hybridized carbons (Fsp3) is 0.545. The molecule has 2 atom stereocenters. The number of rotatable bonds is 2. The zero-order valence-corrected chi connectivity index (χ0v) is 9.41. The van der Waals surface area contributed by atoms with Crippen molar-refractivity contribution in [2.75, 3.05) is 5.73 Å². The highest BCUT2D eigenvalue weighted by Crippen LogP contribution is 2.35. The average Bonchev–Trinajstić information content (AvgIpc) is 2.24. The van der Waals surface area contributed by atoms with E-state index in [9.17, 15) is 5.11 Å². The Bertz CT molecular complexity index is 332. The van der Waals surface area contributed by atoms with Gasteiger partial charge in [-0.15, -0.1) is 11.8 Å². The van der Waals surface area contributed by atoms with E-state index in [0.717, 1.165) is 24.2 Å². The van der Waals surface area contributed by atoms with Crippen LogP contribution in [0.4, 0.5) is 5.69 Å². The lowest BCUT2D eigenvalue weighted by molar-refractivity contribution is 0.137. The molecule has 0 spiro atoms. The van der Waals surface area contributed by atoms with E-state index in [1.807, 2.05) is 6.07 Å². The van der Waals surface area contributed by atoms with Crippen LogP contribution in [0.1, 0.15) is 25.7 Å². The Hall–Kier alpha value is -0.740. The lowest BCUT2D eigenvalue weighted by Gasteiger charge is -2.27. The minimum Gasteiger partial charge on any atom is -0.397 e. The lowest BCUT2D eigenvalue weighted by atomic mass is 9.97. The highest BCUT2D eigenvalue weighted by Gasteiger charge is 2.24. The number of aliphatic hydroxyl groups is 1.